The lowest BCUT2D eigenvalue weighted by Crippen LogP contribution is -2.45. The first kappa shape index (κ1) is 24.9. The van der Waals surface area contributed by atoms with Crippen LogP contribution in [0.4, 0.5) is 11.4 Å². The van der Waals surface area contributed by atoms with E-state index in [4.69, 9.17) is 9.47 Å². The molecule has 0 aliphatic carbocycles. The van der Waals surface area contributed by atoms with Gasteiger partial charge in [0.25, 0.3) is 17.5 Å². The minimum atomic E-state index is -1.09. The van der Waals surface area contributed by atoms with Crippen molar-refractivity contribution in [2.75, 3.05) is 11.7 Å². The third kappa shape index (κ3) is 4.68. The number of nitro groups is 1. The van der Waals surface area contributed by atoms with Gasteiger partial charge in [-0.1, -0.05) is 38.1 Å². The summed E-state index contributed by atoms with van der Waals surface area (Å²) in [4.78, 5) is 53.5. The second-order valence-electron chi connectivity index (χ2n) is 9.46. The molecular weight excluding hydrogens is 490 g/mol. The van der Waals surface area contributed by atoms with Crippen LogP contribution in [0, 0.1) is 10.1 Å². The topological polar surface area (TPSA) is 119 Å². The van der Waals surface area contributed by atoms with E-state index in [9.17, 15) is 24.5 Å². The predicted molar refractivity (Wildman–Crippen MR) is 137 cm³/mol. The van der Waals surface area contributed by atoms with E-state index >= 15 is 0 Å². The summed E-state index contributed by atoms with van der Waals surface area (Å²) in [5, 5.41) is 11.3. The smallest absolute Gasteiger partial charge is 0.270 e. The molecule has 5 rings (SSSR count). The fourth-order valence-electron chi connectivity index (χ4n) is 4.62. The van der Waals surface area contributed by atoms with Gasteiger partial charge in [0.15, 0.2) is 11.5 Å². The number of nitro benzene ring substituents is 1. The number of non-ortho nitro benzene ring substituents is 1. The summed E-state index contributed by atoms with van der Waals surface area (Å²) >= 11 is 0. The van der Waals surface area contributed by atoms with Gasteiger partial charge in [0.1, 0.15) is 6.04 Å². The lowest BCUT2D eigenvalue weighted by Gasteiger charge is -2.28. The van der Waals surface area contributed by atoms with Crippen LogP contribution < -0.4 is 14.4 Å². The molecule has 10 nitrogen and oxygen atoms in total. The summed E-state index contributed by atoms with van der Waals surface area (Å²) < 4.78 is 10.8. The first-order valence-electron chi connectivity index (χ1n) is 12.1. The number of benzene rings is 3. The number of imide groups is 1. The molecule has 1 saturated heterocycles. The minimum Gasteiger partial charge on any atom is -0.454 e. The minimum absolute atomic E-state index is 0.0258. The van der Waals surface area contributed by atoms with Gasteiger partial charge in [0.2, 0.25) is 12.7 Å². The second kappa shape index (κ2) is 9.97. The van der Waals surface area contributed by atoms with Crippen LogP contribution in [0.25, 0.3) is 0 Å². The Kier molecular flexibility index (Phi) is 6.54. The third-order valence-electron chi connectivity index (χ3n) is 6.67. The average Bonchev–Trinajstić information content (AvgIpc) is 3.50. The fraction of sp³-hybridized carbons (Fsp3) is 0.250. The molecule has 2 aliphatic rings. The maximum atomic E-state index is 13.7. The van der Waals surface area contributed by atoms with E-state index in [1.165, 1.54) is 29.2 Å². The SMILES string of the molecule is CC(C)c1ccc(N2C(=O)CC(N(Cc3ccc4c(c3)OCO4)C(=O)c3cccc([N+](=O)[O-])c3)C2=O)cc1. The molecule has 2 heterocycles. The van der Waals surface area contributed by atoms with Gasteiger partial charge in [-0.15, -0.1) is 0 Å². The van der Waals surface area contributed by atoms with Gasteiger partial charge in [-0.2, -0.15) is 0 Å². The molecule has 0 spiro atoms. The molecule has 0 aromatic heterocycles. The van der Waals surface area contributed by atoms with Crippen LogP contribution in [-0.2, 0) is 16.1 Å². The molecule has 0 saturated carbocycles. The van der Waals surface area contributed by atoms with Gasteiger partial charge in [-0.25, -0.2) is 4.90 Å². The lowest BCUT2D eigenvalue weighted by atomic mass is 10.0. The summed E-state index contributed by atoms with van der Waals surface area (Å²) in [5.74, 6) is -0.216. The Labute approximate surface area is 218 Å². The van der Waals surface area contributed by atoms with E-state index in [0.717, 1.165) is 10.5 Å². The largest absolute Gasteiger partial charge is 0.454 e. The van der Waals surface area contributed by atoms with Crippen LogP contribution in [0.3, 0.4) is 0 Å². The van der Waals surface area contributed by atoms with Crippen molar-refractivity contribution in [3.63, 3.8) is 0 Å². The molecule has 0 radical (unpaired) electrons. The van der Waals surface area contributed by atoms with Crippen LogP contribution in [-0.4, -0.2) is 40.4 Å². The van der Waals surface area contributed by atoms with Gasteiger partial charge < -0.3 is 14.4 Å². The van der Waals surface area contributed by atoms with E-state index in [-0.39, 0.29) is 36.9 Å². The van der Waals surface area contributed by atoms with Crippen LogP contribution in [0.5, 0.6) is 11.5 Å². The Hall–Kier alpha value is -4.73. The number of fused-ring (bicyclic) bond motifs is 1. The highest BCUT2D eigenvalue weighted by molar-refractivity contribution is 6.23. The van der Waals surface area contributed by atoms with Crippen molar-refractivity contribution in [2.45, 2.75) is 38.8 Å². The van der Waals surface area contributed by atoms with Crippen LogP contribution in [0.15, 0.2) is 66.7 Å². The highest BCUT2D eigenvalue weighted by Crippen LogP contribution is 2.34. The Bertz CT molecular complexity index is 1430. The number of anilines is 1. The molecule has 10 heteroatoms. The zero-order valence-corrected chi connectivity index (χ0v) is 20.8. The number of hydrogen-bond donors (Lipinski definition) is 0. The number of ether oxygens (including phenoxy) is 2. The number of carbonyl (C=O) groups excluding carboxylic acids is 3. The molecule has 2 aliphatic heterocycles. The van der Waals surface area contributed by atoms with Crippen LogP contribution >= 0.6 is 0 Å². The maximum Gasteiger partial charge on any atom is 0.270 e. The van der Waals surface area contributed by atoms with Gasteiger partial charge in [0, 0.05) is 24.2 Å². The fourth-order valence-corrected chi connectivity index (χ4v) is 4.62. The quantitative estimate of drug-likeness (QED) is 0.260. The summed E-state index contributed by atoms with van der Waals surface area (Å²) in [6.45, 7) is 4.15. The van der Waals surface area contributed by atoms with Crippen LogP contribution in [0.2, 0.25) is 0 Å². The van der Waals surface area contributed by atoms with Crippen molar-refractivity contribution >= 4 is 29.1 Å². The van der Waals surface area contributed by atoms with Crippen LogP contribution in [0.1, 0.15) is 47.7 Å². The van der Waals surface area contributed by atoms with Crippen molar-refractivity contribution in [1.29, 1.82) is 0 Å². The summed E-state index contributed by atoms with van der Waals surface area (Å²) in [6.07, 6.45) is -0.212. The summed E-state index contributed by atoms with van der Waals surface area (Å²) in [7, 11) is 0. The number of rotatable bonds is 7. The van der Waals surface area contributed by atoms with Crippen molar-refractivity contribution < 1.29 is 28.8 Å². The Balaban J connectivity index is 1.49. The van der Waals surface area contributed by atoms with Gasteiger partial charge >= 0.3 is 0 Å². The van der Waals surface area contributed by atoms with Crippen molar-refractivity contribution in [2.24, 2.45) is 0 Å². The standard InChI is InChI=1S/C28H25N3O7/c1-17(2)19-7-9-21(10-8-19)30-26(32)14-23(28(30)34)29(15-18-6-11-24-25(12-18)38-16-37-24)27(33)20-4-3-5-22(13-20)31(35)36/h3-13,17,23H,14-16H2,1-2H3. The average molecular weight is 516 g/mol. The van der Waals surface area contributed by atoms with Gasteiger partial charge in [-0.05, 0) is 47.4 Å². The Morgan fingerprint density at radius 1 is 1.05 bits per heavy atom. The molecule has 194 valence electrons. The molecule has 3 amide bonds. The molecule has 1 unspecified atom stereocenters. The highest BCUT2D eigenvalue weighted by Gasteiger charge is 2.44. The van der Waals surface area contributed by atoms with Gasteiger partial charge in [-0.3, -0.25) is 24.5 Å². The predicted octanol–water partition coefficient (Wildman–Crippen LogP) is 4.42. The van der Waals surface area contributed by atoms with Crippen molar-refractivity contribution in [3.05, 3.63) is 93.5 Å². The molecule has 3 aromatic carbocycles. The summed E-state index contributed by atoms with van der Waals surface area (Å²) in [5.41, 5.74) is 1.93. The van der Waals surface area contributed by atoms with E-state index in [2.05, 4.69) is 0 Å². The molecule has 3 aromatic rings. The Morgan fingerprint density at radius 2 is 1.79 bits per heavy atom. The number of nitrogens with zero attached hydrogens (tertiary/aromatic N) is 3. The zero-order valence-electron chi connectivity index (χ0n) is 20.8. The van der Waals surface area contributed by atoms with E-state index in [0.29, 0.717) is 22.7 Å². The van der Waals surface area contributed by atoms with Gasteiger partial charge in [0.05, 0.1) is 17.0 Å². The molecular formula is C28H25N3O7. The number of amides is 3. The van der Waals surface area contributed by atoms with Crippen molar-refractivity contribution in [3.8, 4) is 11.5 Å². The monoisotopic (exact) mass is 515 g/mol. The number of hydrogen-bond acceptors (Lipinski definition) is 7. The third-order valence-corrected chi connectivity index (χ3v) is 6.67. The van der Waals surface area contributed by atoms with E-state index in [1.54, 1.807) is 30.3 Å². The summed E-state index contributed by atoms with van der Waals surface area (Å²) in [6, 6.07) is 16.5. The number of carbonyl (C=O) groups is 3. The molecule has 0 bridgehead atoms. The Morgan fingerprint density at radius 3 is 2.50 bits per heavy atom. The van der Waals surface area contributed by atoms with Crippen molar-refractivity contribution in [1.82, 2.24) is 4.90 Å². The molecule has 1 fully saturated rings. The molecule has 0 N–H and O–H groups in total. The lowest BCUT2D eigenvalue weighted by molar-refractivity contribution is -0.384. The normalized spacial score (nSPS) is 16.3. The van der Waals surface area contributed by atoms with E-state index < -0.39 is 28.7 Å². The maximum absolute atomic E-state index is 13.7. The zero-order chi connectivity index (χ0) is 27.0. The highest BCUT2D eigenvalue weighted by atomic mass is 16.7. The first-order chi connectivity index (χ1) is 18.2. The first-order valence-corrected chi connectivity index (χ1v) is 12.1. The van der Waals surface area contributed by atoms with E-state index in [1.807, 2.05) is 26.0 Å². The second-order valence-corrected chi connectivity index (χ2v) is 9.46. The molecule has 1 atom stereocenters. The molecule has 38 heavy (non-hydrogen) atoms.